The summed E-state index contributed by atoms with van der Waals surface area (Å²) in [6, 6.07) is 21.7. The fraction of sp³-hybridized carbons (Fsp3) is 0.111. The Labute approximate surface area is 137 Å². The predicted octanol–water partition coefficient (Wildman–Crippen LogP) is 5.49. The van der Waals surface area contributed by atoms with Crippen LogP contribution in [-0.2, 0) is 0 Å². The van der Waals surface area contributed by atoms with Crippen molar-refractivity contribution in [3.63, 3.8) is 0 Å². The van der Waals surface area contributed by atoms with Crippen LogP contribution in [0.5, 0.6) is 0 Å². The second-order valence-electron chi connectivity index (χ2n) is 4.88. The van der Waals surface area contributed by atoms with Crippen LogP contribution in [0.3, 0.4) is 0 Å². The van der Waals surface area contributed by atoms with Gasteiger partial charge in [-0.15, -0.1) is 11.3 Å². The number of hydrogen-bond acceptors (Lipinski definition) is 2. The molecule has 0 aliphatic rings. The summed E-state index contributed by atoms with van der Waals surface area (Å²) in [5.41, 5.74) is 3.79. The zero-order chi connectivity index (χ0) is 14.7. The number of benzene rings is 2. The highest BCUT2D eigenvalue weighted by Gasteiger charge is 2.14. The minimum atomic E-state index is 0.242. The summed E-state index contributed by atoms with van der Waals surface area (Å²) in [4.78, 5) is 1.32. The lowest BCUT2D eigenvalue weighted by molar-refractivity contribution is 0.704. The molecular formula is C18H16BrNS. The first-order chi connectivity index (χ1) is 10.3. The molecule has 0 bridgehead atoms. The average Bonchev–Trinajstić information content (AvgIpc) is 2.96. The van der Waals surface area contributed by atoms with E-state index in [1.807, 2.05) is 13.1 Å². The van der Waals surface area contributed by atoms with Crippen molar-refractivity contribution in [2.24, 2.45) is 0 Å². The van der Waals surface area contributed by atoms with Crippen LogP contribution in [0.15, 0.2) is 70.5 Å². The third kappa shape index (κ3) is 3.26. The number of halogens is 1. The second kappa shape index (κ2) is 6.56. The highest BCUT2D eigenvalue weighted by Crippen LogP contribution is 2.31. The molecule has 0 saturated heterocycles. The van der Waals surface area contributed by atoms with Crippen LogP contribution >= 0.6 is 27.3 Å². The van der Waals surface area contributed by atoms with Gasteiger partial charge in [-0.25, -0.2) is 0 Å². The van der Waals surface area contributed by atoms with E-state index in [1.54, 1.807) is 11.3 Å². The molecule has 3 heteroatoms. The maximum absolute atomic E-state index is 3.53. The van der Waals surface area contributed by atoms with E-state index in [1.165, 1.54) is 21.6 Å². The lowest BCUT2D eigenvalue weighted by Gasteiger charge is -2.15. The molecule has 0 radical (unpaired) electrons. The summed E-state index contributed by atoms with van der Waals surface area (Å²) in [6.45, 7) is 0. The van der Waals surface area contributed by atoms with Crippen molar-refractivity contribution in [1.82, 2.24) is 5.32 Å². The van der Waals surface area contributed by atoms with Gasteiger partial charge in [0, 0.05) is 14.7 Å². The Bertz CT molecular complexity index is 704. The first-order valence-electron chi connectivity index (χ1n) is 6.84. The maximum atomic E-state index is 3.53. The van der Waals surface area contributed by atoms with Gasteiger partial charge in [0.05, 0.1) is 6.04 Å². The molecule has 0 spiro atoms. The van der Waals surface area contributed by atoms with Gasteiger partial charge < -0.3 is 5.32 Å². The zero-order valence-corrected chi connectivity index (χ0v) is 14.1. The van der Waals surface area contributed by atoms with E-state index in [2.05, 4.69) is 81.2 Å². The first-order valence-corrected chi connectivity index (χ1v) is 8.52. The normalized spacial score (nSPS) is 12.3. The van der Waals surface area contributed by atoms with Crippen molar-refractivity contribution in [3.8, 4) is 11.1 Å². The largest absolute Gasteiger partial charge is 0.309 e. The Morgan fingerprint density at radius 1 is 0.952 bits per heavy atom. The lowest BCUT2D eigenvalue weighted by atomic mass is 10.00. The van der Waals surface area contributed by atoms with Crippen molar-refractivity contribution in [2.75, 3.05) is 7.05 Å². The van der Waals surface area contributed by atoms with Crippen molar-refractivity contribution in [2.45, 2.75) is 6.04 Å². The van der Waals surface area contributed by atoms with Gasteiger partial charge in [-0.3, -0.25) is 0 Å². The van der Waals surface area contributed by atoms with E-state index in [9.17, 15) is 0 Å². The van der Waals surface area contributed by atoms with Crippen molar-refractivity contribution in [3.05, 3.63) is 81.0 Å². The summed E-state index contributed by atoms with van der Waals surface area (Å²) in [5, 5.41) is 5.52. The number of rotatable bonds is 4. The first kappa shape index (κ1) is 14.5. The van der Waals surface area contributed by atoms with Crippen LogP contribution in [0.25, 0.3) is 11.1 Å². The number of hydrogen-bond donors (Lipinski definition) is 1. The molecule has 0 saturated carbocycles. The van der Waals surface area contributed by atoms with Gasteiger partial charge in [0.15, 0.2) is 0 Å². The lowest BCUT2D eigenvalue weighted by Crippen LogP contribution is -2.16. The Balaban J connectivity index is 1.89. The molecule has 3 rings (SSSR count). The van der Waals surface area contributed by atoms with E-state index in [0.29, 0.717) is 0 Å². The Kier molecular flexibility index (Phi) is 4.54. The van der Waals surface area contributed by atoms with Gasteiger partial charge in [0.2, 0.25) is 0 Å². The molecule has 21 heavy (non-hydrogen) atoms. The highest BCUT2D eigenvalue weighted by atomic mass is 79.9. The predicted molar refractivity (Wildman–Crippen MR) is 94.8 cm³/mol. The van der Waals surface area contributed by atoms with Gasteiger partial charge in [0.25, 0.3) is 0 Å². The molecule has 0 aliphatic heterocycles. The standard InChI is InChI=1S/C18H16BrNS/c1-20-18(17-11-16(19)12-21-17)15-9-7-14(8-10-15)13-5-3-2-4-6-13/h2-12,18,20H,1H3. The molecular weight excluding hydrogens is 342 g/mol. The van der Waals surface area contributed by atoms with E-state index in [4.69, 9.17) is 0 Å². The van der Waals surface area contributed by atoms with Gasteiger partial charge in [-0.1, -0.05) is 54.6 Å². The van der Waals surface area contributed by atoms with Crippen LogP contribution in [0, 0.1) is 0 Å². The van der Waals surface area contributed by atoms with Gasteiger partial charge in [0.1, 0.15) is 0 Å². The summed E-state index contributed by atoms with van der Waals surface area (Å²) in [6.07, 6.45) is 0. The van der Waals surface area contributed by atoms with E-state index in [0.717, 1.165) is 4.47 Å². The van der Waals surface area contributed by atoms with Crippen LogP contribution in [0.2, 0.25) is 0 Å². The van der Waals surface area contributed by atoms with Gasteiger partial charge in [-0.05, 0) is 45.7 Å². The van der Waals surface area contributed by atoms with E-state index < -0.39 is 0 Å². The molecule has 0 amide bonds. The quantitative estimate of drug-likeness (QED) is 0.651. The molecule has 1 atom stereocenters. The van der Waals surface area contributed by atoms with E-state index in [-0.39, 0.29) is 6.04 Å². The molecule has 1 unspecified atom stereocenters. The molecule has 3 aromatic rings. The third-order valence-corrected chi connectivity index (χ3v) is 5.27. The monoisotopic (exact) mass is 357 g/mol. The molecule has 1 nitrogen and oxygen atoms in total. The Morgan fingerprint density at radius 3 is 2.19 bits per heavy atom. The van der Waals surface area contributed by atoms with E-state index >= 15 is 0 Å². The molecule has 0 aliphatic carbocycles. The van der Waals surface area contributed by atoms with Crippen LogP contribution < -0.4 is 5.32 Å². The molecule has 1 aromatic heterocycles. The summed E-state index contributed by atoms with van der Waals surface area (Å²) in [5.74, 6) is 0. The topological polar surface area (TPSA) is 12.0 Å². The molecule has 1 heterocycles. The molecule has 106 valence electrons. The second-order valence-corrected chi connectivity index (χ2v) is 6.74. The minimum absolute atomic E-state index is 0.242. The molecule has 1 N–H and O–H groups in total. The maximum Gasteiger partial charge on any atom is 0.0669 e. The number of thiophene rings is 1. The van der Waals surface area contributed by atoms with Crippen molar-refractivity contribution >= 4 is 27.3 Å². The zero-order valence-electron chi connectivity index (χ0n) is 11.7. The Morgan fingerprint density at radius 2 is 1.62 bits per heavy atom. The van der Waals surface area contributed by atoms with Crippen molar-refractivity contribution in [1.29, 1.82) is 0 Å². The van der Waals surface area contributed by atoms with Gasteiger partial charge >= 0.3 is 0 Å². The fourth-order valence-electron chi connectivity index (χ4n) is 2.45. The van der Waals surface area contributed by atoms with Crippen LogP contribution in [-0.4, -0.2) is 7.05 Å². The fourth-order valence-corrected chi connectivity index (χ4v) is 4.03. The van der Waals surface area contributed by atoms with Crippen molar-refractivity contribution < 1.29 is 0 Å². The summed E-state index contributed by atoms with van der Waals surface area (Å²) >= 11 is 5.30. The molecule has 0 fully saturated rings. The minimum Gasteiger partial charge on any atom is -0.309 e. The highest BCUT2D eigenvalue weighted by molar-refractivity contribution is 9.10. The van der Waals surface area contributed by atoms with Gasteiger partial charge in [-0.2, -0.15) is 0 Å². The smallest absolute Gasteiger partial charge is 0.0669 e. The third-order valence-electron chi connectivity index (χ3n) is 3.51. The number of nitrogens with one attached hydrogen (secondary N) is 1. The van der Waals surface area contributed by atoms with Crippen LogP contribution in [0.1, 0.15) is 16.5 Å². The van der Waals surface area contributed by atoms with Crippen LogP contribution in [0.4, 0.5) is 0 Å². The Hall–Kier alpha value is -1.42. The average molecular weight is 358 g/mol. The molecule has 2 aromatic carbocycles. The summed E-state index contributed by atoms with van der Waals surface area (Å²) < 4.78 is 1.14. The summed E-state index contributed by atoms with van der Waals surface area (Å²) in [7, 11) is 2.00. The SMILES string of the molecule is CNC(c1ccc(-c2ccccc2)cc1)c1cc(Br)cs1.